The van der Waals surface area contributed by atoms with Crippen LogP contribution in [0.25, 0.3) is 5.65 Å². The van der Waals surface area contributed by atoms with E-state index in [1.165, 1.54) is 0 Å². The number of alkyl halides is 3. The fourth-order valence-electron chi connectivity index (χ4n) is 3.96. The predicted molar refractivity (Wildman–Crippen MR) is 99.7 cm³/mol. The van der Waals surface area contributed by atoms with E-state index in [4.69, 9.17) is 9.47 Å². The minimum absolute atomic E-state index is 0.125. The van der Waals surface area contributed by atoms with Gasteiger partial charge in [-0.2, -0.15) is 13.2 Å². The topological polar surface area (TPSA) is 56.0 Å². The van der Waals surface area contributed by atoms with Crippen LogP contribution in [0.5, 0.6) is 5.75 Å². The summed E-state index contributed by atoms with van der Waals surface area (Å²) in [6, 6.07) is 10.5. The molecule has 154 valence electrons. The Bertz CT molecular complexity index is 1020. The van der Waals surface area contributed by atoms with Crippen LogP contribution in [0.4, 0.5) is 13.2 Å². The summed E-state index contributed by atoms with van der Waals surface area (Å²) < 4.78 is 52.5. The Hall–Kier alpha value is -2.58. The van der Waals surface area contributed by atoms with Crippen molar-refractivity contribution in [2.45, 2.75) is 44.3 Å². The first kappa shape index (κ1) is 19.7. The molecular weight excluding hydrogens is 385 g/mol. The number of hydrogen-bond acceptors (Lipinski definition) is 4. The lowest BCUT2D eigenvalue weighted by atomic mass is 9.79. The number of aromatic nitrogens is 2. The number of nitrogens with zero attached hydrogens (tertiary/aromatic N) is 2. The van der Waals surface area contributed by atoms with Crippen LogP contribution < -0.4 is 4.74 Å². The molecule has 0 amide bonds. The summed E-state index contributed by atoms with van der Waals surface area (Å²) in [5.41, 5.74) is 0.626. The number of hydrogen-bond donors (Lipinski definition) is 1. The molecule has 2 unspecified atom stereocenters. The van der Waals surface area contributed by atoms with E-state index < -0.39 is 30.6 Å². The fourth-order valence-corrected chi connectivity index (χ4v) is 3.96. The number of aryl methyl sites for hydroxylation is 1. The molecule has 3 atom stereocenters. The molecule has 0 saturated heterocycles. The molecule has 1 aliphatic rings. The molecule has 0 radical (unpaired) electrons. The minimum Gasteiger partial charge on any atom is -0.479 e. The Morgan fingerprint density at radius 3 is 2.62 bits per heavy atom. The SMILES string of the molecule is CCC1(OCC(F)(F)F)c2ccn3cc(C)nc3c2O[C@H](c2ccccc2)C1O. The number of pyridine rings is 1. The van der Waals surface area contributed by atoms with Gasteiger partial charge in [0.15, 0.2) is 17.5 Å². The largest absolute Gasteiger partial charge is 0.479 e. The molecule has 0 aliphatic carbocycles. The van der Waals surface area contributed by atoms with Gasteiger partial charge in [0.1, 0.15) is 18.3 Å². The Kier molecular flexibility index (Phi) is 4.78. The molecule has 0 spiro atoms. The summed E-state index contributed by atoms with van der Waals surface area (Å²) in [4.78, 5) is 4.47. The maximum absolute atomic E-state index is 13.0. The first-order chi connectivity index (χ1) is 13.7. The van der Waals surface area contributed by atoms with Crippen LogP contribution in [-0.4, -0.2) is 33.4 Å². The van der Waals surface area contributed by atoms with E-state index in [9.17, 15) is 18.3 Å². The van der Waals surface area contributed by atoms with Crippen molar-refractivity contribution < 1.29 is 27.8 Å². The lowest BCUT2D eigenvalue weighted by Crippen LogP contribution is -2.51. The third-order valence-electron chi connectivity index (χ3n) is 5.31. The standard InChI is InChI=1S/C21H21F3N2O3/c1-3-20(28-12-21(22,23)24)15-9-10-26-11-13(2)25-19(26)17(15)29-16(18(20)27)14-7-5-4-6-8-14/h4-11,16,18,27H,3,12H2,1-2H3/t16-,18?,20?/m1/s1. The Balaban J connectivity index is 1.92. The monoisotopic (exact) mass is 406 g/mol. The van der Waals surface area contributed by atoms with Gasteiger partial charge in [-0.15, -0.1) is 0 Å². The summed E-state index contributed by atoms with van der Waals surface area (Å²) >= 11 is 0. The van der Waals surface area contributed by atoms with Crippen molar-refractivity contribution in [3.63, 3.8) is 0 Å². The molecule has 3 heterocycles. The van der Waals surface area contributed by atoms with Crippen LogP contribution in [0.1, 0.15) is 36.3 Å². The normalized spacial score (nSPS) is 24.3. The van der Waals surface area contributed by atoms with Crippen molar-refractivity contribution >= 4 is 5.65 Å². The molecule has 3 aromatic rings. The number of imidazole rings is 1. The van der Waals surface area contributed by atoms with Gasteiger partial charge in [0.05, 0.1) is 5.69 Å². The van der Waals surface area contributed by atoms with Gasteiger partial charge in [-0.3, -0.25) is 0 Å². The highest BCUT2D eigenvalue weighted by Crippen LogP contribution is 2.50. The number of aliphatic hydroxyl groups excluding tert-OH is 1. The minimum atomic E-state index is -4.53. The van der Waals surface area contributed by atoms with Crippen LogP contribution in [-0.2, 0) is 10.3 Å². The predicted octanol–water partition coefficient (Wildman–Crippen LogP) is 4.32. The third-order valence-corrected chi connectivity index (χ3v) is 5.31. The number of ether oxygens (including phenoxy) is 2. The second-order valence-electron chi connectivity index (χ2n) is 7.21. The van der Waals surface area contributed by atoms with Crippen molar-refractivity contribution in [1.29, 1.82) is 0 Å². The maximum atomic E-state index is 13.0. The van der Waals surface area contributed by atoms with Crippen molar-refractivity contribution in [1.82, 2.24) is 9.38 Å². The highest BCUT2D eigenvalue weighted by Gasteiger charge is 2.52. The molecule has 0 saturated carbocycles. The molecule has 1 aliphatic heterocycles. The van der Waals surface area contributed by atoms with E-state index >= 15 is 0 Å². The van der Waals surface area contributed by atoms with Crippen LogP contribution in [0, 0.1) is 6.92 Å². The summed E-state index contributed by atoms with van der Waals surface area (Å²) in [7, 11) is 0. The lowest BCUT2D eigenvalue weighted by Gasteiger charge is -2.45. The van der Waals surface area contributed by atoms with Gasteiger partial charge in [-0.25, -0.2) is 4.98 Å². The van der Waals surface area contributed by atoms with E-state index in [-0.39, 0.29) is 6.42 Å². The Morgan fingerprint density at radius 2 is 1.97 bits per heavy atom. The highest BCUT2D eigenvalue weighted by molar-refractivity contribution is 5.62. The first-order valence-corrected chi connectivity index (χ1v) is 9.34. The number of fused-ring (bicyclic) bond motifs is 3. The zero-order valence-corrected chi connectivity index (χ0v) is 16.0. The Labute approximate surface area is 165 Å². The average molecular weight is 406 g/mol. The molecule has 4 rings (SSSR count). The molecule has 1 aromatic carbocycles. The first-order valence-electron chi connectivity index (χ1n) is 9.34. The van der Waals surface area contributed by atoms with Crippen LogP contribution in [0.15, 0.2) is 48.8 Å². The summed E-state index contributed by atoms with van der Waals surface area (Å²) in [6.45, 7) is 2.04. The zero-order valence-electron chi connectivity index (χ0n) is 16.0. The second-order valence-corrected chi connectivity index (χ2v) is 7.21. The van der Waals surface area contributed by atoms with Crippen molar-refractivity contribution in [2.75, 3.05) is 6.61 Å². The van der Waals surface area contributed by atoms with Gasteiger partial charge >= 0.3 is 6.18 Å². The third kappa shape index (κ3) is 3.36. The van der Waals surface area contributed by atoms with E-state index in [1.54, 1.807) is 54.0 Å². The molecule has 0 fully saturated rings. The smallest absolute Gasteiger partial charge is 0.411 e. The number of rotatable bonds is 4. The van der Waals surface area contributed by atoms with Gasteiger partial charge < -0.3 is 19.0 Å². The van der Waals surface area contributed by atoms with Gasteiger partial charge in [0, 0.05) is 18.0 Å². The van der Waals surface area contributed by atoms with Gasteiger partial charge in [0.25, 0.3) is 0 Å². The van der Waals surface area contributed by atoms with Gasteiger partial charge in [-0.1, -0.05) is 37.3 Å². The summed E-state index contributed by atoms with van der Waals surface area (Å²) in [5, 5.41) is 11.2. The maximum Gasteiger partial charge on any atom is 0.411 e. The molecule has 8 heteroatoms. The quantitative estimate of drug-likeness (QED) is 0.701. The fraction of sp³-hybridized carbons (Fsp3) is 0.381. The highest BCUT2D eigenvalue weighted by atomic mass is 19.4. The summed E-state index contributed by atoms with van der Waals surface area (Å²) in [5.74, 6) is 0.323. The zero-order chi connectivity index (χ0) is 20.8. The molecule has 5 nitrogen and oxygen atoms in total. The van der Waals surface area contributed by atoms with E-state index in [0.717, 1.165) is 5.69 Å². The molecule has 1 N–H and O–H groups in total. The molecule has 29 heavy (non-hydrogen) atoms. The van der Waals surface area contributed by atoms with Gasteiger partial charge in [-0.05, 0) is 25.0 Å². The van der Waals surface area contributed by atoms with E-state index in [2.05, 4.69) is 4.98 Å². The van der Waals surface area contributed by atoms with Crippen molar-refractivity contribution in [2.24, 2.45) is 0 Å². The van der Waals surface area contributed by atoms with Crippen LogP contribution in [0.3, 0.4) is 0 Å². The lowest BCUT2D eigenvalue weighted by molar-refractivity contribution is -0.244. The summed E-state index contributed by atoms with van der Waals surface area (Å²) in [6.07, 6.45) is -3.17. The number of benzene rings is 1. The number of aliphatic hydroxyl groups is 1. The van der Waals surface area contributed by atoms with E-state index in [1.807, 2.05) is 13.0 Å². The Morgan fingerprint density at radius 1 is 1.24 bits per heavy atom. The van der Waals surface area contributed by atoms with E-state index in [0.29, 0.717) is 22.5 Å². The average Bonchev–Trinajstić information content (AvgIpc) is 3.07. The molecular formula is C21H21F3N2O3. The number of halogens is 3. The van der Waals surface area contributed by atoms with Gasteiger partial charge in [0.2, 0.25) is 0 Å². The van der Waals surface area contributed by atoms with Crippen LogP contribution in [0.2, 0.25) is 0 Å². The molecule has 2 aromatic heterocycles. The molecule has 0 bridgehead atoms. The van der Waals surface area contributed by atoms with Crippen LogP contribution >= 0.6 is 0 Å². The second kappa shape index (κ2) is 7.03. The van der Waals surface area contributed by atoms with Crippen molar-refractivity contribution in [3.8, 4) is 5.75 Å². The van der Waals surface area contributed by atoms with Crippen molar-refractivity contribution in [3.05, 3.63) is 65.6 Å².